The van der Waals surface area contributed by atoms with E-state index in [1.165, 1.54) is 25.7 Å². The van der Waals surface area contributed by atoms with Crippen molar-refractivity contribution in [3.8, 4) is 11.3 Å². The van der Waals surface area contributed by atoms with Gasteiger partial charge in [-0.2, -0.15) is 0 Å². The summed E-state index contributed by atoms with van der Waals surface area (Å²) in [7, 11) is 0. The normalized spacial score (nSPS) is 15.5. The number of aryl methyl sites for hydroxylation is 1. The molecule has 1 aliphatic rings. The summed E-state index contributed by atoms with van der Waals surface area (Å²) in [6.45, 7) is 2.47. The molecule has 1 unspecified atom stereocenters. The number of benzene rings is 1. The number of carbonyl (C=O) groups is 1. The van der Waals surface area contributed by atoms with Gasteiger partial charge in [-0.15, -0.1) is 24.8 Å². The highest BCUT2D eigenvalue weighted by molar-refractivity contribution is 5.97. The van der Waals surface area contributed by atoms with Gasteiger partial charge < -0.3 is 15.5 Å². The maximum Gasteiger partial charge on any atom is 0.274 e. The van der Waals surface area contributed by atoms with Crippen LogP contribution in [-0.4, -0.2) is 23.5 Å². The predicted octanol–water partition coefficient (Wildman–Crippen LogP) is 4.13. The monoisotopic (exact) mass is 399 g/mol. The Hall–Kier alpha value is -1.56. The molecule has 1 atom stereocenters. The predicted molar refractivity (Wildman–Crippen MR) is 108 cm³/mol. The van der Waals surface area contributed by atoms with Gasteiger partial charge in [-0.3, -0.25) is 4.79 Å². The number of nitrogens with one attached hydrogen (secondary N) is 1. The molecule has 144 valence electrons. The topological polar surface area (TPSA) is 81.2 Å². The van der Waals surface area contributed by atoms with Gasteiger partial charge in [0.1, 0.15) is 0 Å². The summed E-state index contributed by atoms with van der Waals surface area (Å²) in [6, 6.07) is 7.86. The van der Waals surface area contributed by atoms with Gasteiger partial charge in [0.15, 0.2) is 17.8 Å². The number of carbonyl (C=O) groups excluding carboxylic acids is 1. The first-order chi connectivity index (χ1) is 11.7. The van der Waals surface area contributed by atoms with Crippen LogP contribution in [0.3, 0.4) is 0 Å². The lowest BCUT2D eigenvalue weighted by Gasteiger charge is -2.29. The van der Waals surface area contributed by atoms with Crippen molar-refractivity contribution in [3.63, 3.8) is 0 Å². The molecule has 26 heavy (non-hydrogen) atoms. The highest BCUT2D eigenvalue weighted by atomic mass is 35.5. The minimum Gasteiger partial charge on any atom is -0.443 e. The van der Waals surface area contributed by atoms with Crippen molar-refractivity contribution in [3.05, 3.63) is 41.9 Å². The van der Waals surface area contributed by atoms with Crippen LogP contribution in [-0.2, 0) is 0 Å². The lowest BCUT2D eigenvalue weighted by atomic mass is 9.84. The summed E-state index contributed by atoms with van der Waals surface area (Å²) >= 11 is 0. The second-order valence-electron chi connectivity index (χ2n) is 6.61. The number of hydrogen-bond acceptors (Lipinski definition) is 4. The smallest absolute Gasteiger partial charge is 0.274 e. The van der Waals surface area contributed by atoms with E-state index < -0.39 is 0 Å². The van der Waals surface area contributed by atoms with Gasteiger partial charge >= 0.3 is 0 Å². The lowest BCUT2D eigenvalue weighted by Crippen LogP contribution is -2.46. The Kier molecular flexibility index (Phi) is 9.13. The molecule has 5 nitrogen and oxygen atoms in total. The van der Waals surface area contributed by atoms with Crippen molar-refractivity contribution >= 4 is 30.7 Å². The molecule has 0 aliphatic heterocycles. The van der Waals surface area contributed by atoms with Crippen LogP contribution in [0.2, 0.25) is 0 Å². The minimum atomic E-state index is -0.208. The Morgan fingerprint density at radius 3 is 2.50 bits per heavy atom. The van der Waals surface area contributed by atoms with Gasteiger partial charge in [0, 0.05) is 18.2 Å². The van der Waals surface area contributed by atoms with Gasteiger partial charge in [0.25, 0.3) is 5.91 Å². The number of oxazole rings is 1. The zero-order chi connectivity index (χ0) is 16.9. The van der Waals surface area contributed by atoms with Crippen molar-refractivity contribution < 1.29 is 9.21 Å². The van der Waals surface area contributed by atoms with Crippen molar-refractivity contribution in [1.29, 1.82) is 0 Å². The number of aromatic nitrogens is 1. The van der Waals surface area contributed by atoms with Gasteiger partial charge in [-0.1, -0.05) is 49.1 Å². The molecule has 1 aromatic heterocycles. The molecule has 0 spiro atoms. The third-order valence-electron chi connectivity index (χ3n) is 4.89. The van der Waals surface area contributed by atoms with E-state index in [4.69, 9.17) is 10.2 Å². The summed E-state index contributed by atoms with van der Waals surface area (Å²) in [5.74, 6) is 0.759. The highest BCUT2D eigenvalue weighted by Crippen LogP contribution is 2.27. The lowest BCUT2D eigenvalue weighted by molar-refractivity contribution is 0.0911. The number of amides is 1. The molecule has 1 heterocycles. The van der Waals surface area contributed by atoms with Crippen molar-refractivity contribution in [1.82, 2.24) is 10.3 Å². The largest absolute Gasteiger partial charge is 0.443 e. The number of nitrogens with zero attached hydrogens (tertiary/aromatic N) is 1. The van der Waals surface area contributed by atoms with Crippen LogP contribution in [0.5, 0.6) is 0 Å². The molecular formula is C19H27Cl2N3O2. The van der Waals surface area contributed by atoms with E-state index in [0.29, 0.717) is 23.9 Å². The van der Waals surface area contributed by atoms with Crippen LogP contribution in [0.15, 0.2) is 35.1 Å². The molecule has 0 bridgehead atoms. The Morgan fingerprint density at radius 1 is 1.23 bits per heavy atom. The van der Waals surface area contributed by atoms with E-state index in [0.717, 1.165) is 24.0 Å². The van der Waals surface area contributed by atoms with E-state index >= 15 is 0 Å². The maximum atomic E-state index is 12.7. The molecule has 1 saturated carbocycles. The molecule has 1 aromatic carbocycles. The second-order valence-corrected chi connectivity index (χ2v) is 6.61. The van der Waals surface area contributed by atoms with E-state index in [9.17, 15) is 4.79 Å². The van der Waals surface area contributed by atoms with E-state index in [-0.39, 0.29) is 36.8 Å². The second kappa shape index (κ2) is 10.6. The number of halogens is 2. The Bertz CT molecular complexity index is 682. The van der Waals surface area contributed by atoms with Gasteiger partial charge in [-0.25, -0.2) is 4.98 Å². The average molecular weight is 400 g/mol. The van der Waals surface area contributed by atoms with E-state index in [1.54, 1.807) is 0 Å². The zero-order valence-corrected chi connectivity index (χ0v) is 16.6. The summed E-state index contributed by atoms with van der Waals surface area (Å²) in [5.41, 5.74) is 8.25. The molecular weight excluding hydrogens is 373 g/mol. The fraction of sp³-hybridized carbons (Fsp3) is 0.474. The maximum absolute atomic E-state index is 12.7. The van der Waals surface area contributed by atoms with Crippen molar-refractivity contribution in [2.24, 2.45) is 11.7 Å². The number of rotatable bonds is 5. The van der Waals surface area contributed by atoms with E-state index in [2.05, 4.69) is 10.3 Å². The summed E-state index contributed by atoms with van der Waals surface area (Å²) in [6.07, 6.45) is 7.30. The van der Waals surface area contributed by atoms with Gasteiger partial charge in [-0.05, 0) is 25.7 Å². The van der Waals surface area contributed by atoms with Crippen molar-refractivity contribution in [2.75, 3.05) is 6.54 Å². The fourth-order valence-corrected chi connectivity index (χ4v) is 3.46. The molecule has 3 N–H and O–H groups in total. The standard InChI is InChI=1S/C19H25N3O2.2ClH/c1-13-7-9-15(10-8-13)18-17(21-12-24-18)19(23)22-16(11-20)14-5-3-2-4-6-14;;/h7-10,12,14,16H,2-6,11,20H2,1H3,(H,22,23);2*1H. The quantitative estimate of drug-likeness (QED) is 0.791. The zero-order valence-electron chi connectivity index (χ0n) is 14.9. The van der Waals surface area contributed by atoms with Gasteiger partial charge in [0.2, 0.25) is 0 Å². The van der Waals surface area contributed by atoms with Crippen LogP contribution in [0.1, 0.15) is 48.2 Å². The third-order valence-corrected chi connectivity index (χ3v) is 4.89. The Labute approximate surface area is 167 Å². The fourth-order valence-electron chi connectivity index (χ4n) is 3.46. The highest BCUT2D eigenvalue weighted by Gasteiger charge is 2.26. The minimum absolute atomic E-state index is 0. The first-order valence-corrected chi connectivity index (χ1v) is 8.70. The van der Waals surface area contributed by atoms with Crippen LogP contribution >= 0.6 is 24.8 Å². The van der Waals surface area contributed by atoms with Crippen LogP contribution in [0.25, 0.3) is 11.3 Å². The van der Waals surface area contributed by atoms with E-state index in [1.807, 2.05) is 31.2 Å². The first-order valence-electron chi connectivity index (χ1n) is 8.70. The van der Waals surface area contributed by atoms with Crippen LogP contribution in [0, 0.1) is 12.8 Å². The van der Waals surface area contributed by atoms with Crippen LogP contribution in [0.4, 0.5) is 0 Å². The number of nitrogens with two attached hydrogens (primary N) is 1. The molecule has 1 aliphatic carbocycles. The molecule has 0 radical (unpaired) electrons. The average Bonchev–Trinajstić information content (AvgIpc) is 3.10. The third kappa shape index (κ3) is 5.22. The molecule has 1 amide bonds. The number of hydrogen-bond donors (Lipinski definition) is 2. The van der Waals surface area contributed by atoms with Gasteiger partial charge in [0.05, 0.1) is 0 Å². The molecule has 7 heteroatoms. The molecule has 0 saturated heterocycles. The molecule has 2 aromatic rings. The SMILES string of the molecule is Cc1ccc(-c2ocnc2C(=O)NC(CN)C2CCCCC2)cc1.Cl.Cl. The van der Waals surface area contributed by atoms with Crippen molar-refractivity contribution in [2.45, 2.75) is 45.1 Å². The first kappa shape index (κ1) is 22.5. The Balaban J connectivity index is 0.00000169. The van der Waals surface area contributed by atoms with Crippen LogP contribution < -0.4 is 11.1 Å². The Morgan fingerprint density at radius 2 is 1.88 bits per heavy atom. The summed E-state index contributed by atoms with van der Waals surface area (Å²) in [4.78, 5) is 16.8. The summed E-state index contributed by atoms with van der Waals surface area (Å²) < 4.78 is 5.47. The molecule has 1 fully saturated rings. The molecule has 3 rings (SSSR count). The summed E-state index contributed by atoms with van der Waals surface area (Å²) in [5, 5.41) is 3.07.